The van der Waals surface area contributed by atoms with E-state index in [1.807, 2.05) is 16.7 Å². The van der Waals surface area contributed by atoms with Crippen molar-refractivity contribution in [2.24, 2.45) is 0 Å². The quantitative estimate of drug-likeness (QED) is 0.498. The number of H-pyrrole nitrogens is 3. The fourth-order valence-electron chi connectivity index (χ4n) is 2.68. The maximum Gasteiger partial charge on any atom is 0.276 e. The molecule has 0 radical (unpaired) electrons. The summed E-state index contributed by atoms with van der Waals surface area (Å²) < 4.78 is 15.4. The first kappa shape index (κ1) is 13.0. The molecule has 0 atom stereocenters. The SMILES string of the molecule is O=c1[nH]c(=S)n(Cc2cc3cc(F)ccc3[nH]2)c2cc[nH]c12. The van der Waals surface area contributed by atoms with Gasteiger partial charge in [0.15, 0.2) is 4.77 Å². The van der Waals surface area contributed by atoms with Gasteiger partial charge in [-0.2, -0.15) is 0 Å². The normalized spacial score (nSPS) is 11.5. The molecular formula is C15H11FN4OS. The highest BCUT2D eigenvalue weighted by atomic mass is 32.1. The van der Waals surface area contributed by atoms with Crippen LogP contribution in [0.2, 0.25) is 0 Å². The van der Waals surface area contributed by atoms with Gasteiger partial charge in [-0.15, -0.1) is 0 Å². The largest absolute Gasteiger partial charge is 0.357 e. The Labute approximate surface area is 128 Å². The second-order valence-corrected chi connectivity index (χ2v) is 5.50. The van der Waals surface area contributed by atoms with Gasteiger partial charge in [0.25, 0.3) is 5.56 Å². The maximum atomic E-state index is 13.3. The van der Waals surface area contributed by atoms with E-state index in [4.69, 9.17) is 12.2 Å². The molecule has 0 fully saturated rings. The standard InChI is InChI=1S/C15H11FN4OS/c16-9-1-2-11-8(5-9)6-10(18-11)7-20-12-3-4-17-13(12)14(21)19-15(20)22/h1-6,17-18H,7H2,(H,19,21,22). The van der Waals surface area contributed by atoms with Gasteiger partial charge in [-0.3, -0.25) is 9.78 Å². The highest BCUT2D eigenvalue weighted by molar-refractivity contribution is 7.71. The lowest BCUT2D eigenvalue weighted by Gasteiger charge is -2.07. The molecule has 110 valence electrons. The van der Waals surface area contributed by atoms with Crippen molar-refractivity contribution in [2.75, 3.05) is 0 Å². The Kier molecular flexibility index (Phi) is 2.77. The molecule has 0 saturated heterocycles. The van der Waals surface area contributed by atoms with Gasteiger partial charge in [0.2, 0.25) is 0 Å². The molecular weight excluding hydrogens is 303 g/mol. The Hall–Kier alpha value is -2.67. The van der Waals surface area contributed by atoms with Gasteiger partial charge in [-0.1, -0.05) is 0 Å². The van der Waals surface area contributed by atoms with Crippen molar-refractivity contribution in [2.45, 2.75) is 6.54 Å². The minimum absolute atomic E-state index is 0.236. The summed E-state index contributed by atoms with van der Waals surface area (Å²) in [6.07, 6.45) is 1.70. The zero-order valence-corrected chi connectivity index (χ0v) is 12.1. The smallest absolute Gasteiger partial charge is 0.276 e. The topological polar surface area (TPSA) is 69.4 Å². The highest BCUT2D eigenvalue weighted by Crippen LogP contribution is 2.18. The van der Waals surface area contributed by atoms with E-state index < -0.39 is 0 Å². The Morgan fingerprint density at radius 1 is 1.18 bits per heavy atom. The van der Waals surface area contributed by atoms with E-state index in [2.05, 4.69) is 15.0 Å². The van der Waals surface area contributed by atoms with Crippen LogP contribution in [0.3, 0.4) is 0 Å². The van der Waals surface area contributed by atoms with Crippen LogP contribution >= 0.6 is 12.2 Å². The molecule has 4 aromatic rings. The summed E-state index contributed by atoms with van der Waals surface area (Å²) in [6.45, 7) is 0.459. The Morgan fingerprint density at radius 3 is 2.91 bits per heavy atom. The van der Waals surface area contributed by atoms with Gasteiger partial charge in [-0.05, 0) is 42.5 Å². The molecule has 0 aliphatic heterocycles. The molecule has 0 aliphatic carbocycles. The van der Waals surface area contributed by atoms with Gasteiger partial charge < -0.3 is 14.5 Å². The minimum atomic E-state index is -0.272. The van der Waals surface area contributed by atoms with Crippen LogP contribution in [0.5, 0.6) is 0 Å². The average molecular weight is 314 g/mol. The molecule has 5 nitrogen and oxygen atoms in total. The maximum absolute atomic E-state index is 13.3. The van der Waals surface area contributed by atoms with Crippen LogP contribution in [0, 0.1) is 10.6 Å². The zero-order chi connectivity index (χ0) is 15.3. The first-order valence-corrected chi connectivity index (χ1v) is 7.10. The van der Waals surface area contributed by atoms with Crippen molar-refractivity contribution in [1.82, 2.24) is 19.5 Å². The molecule has 0 saturated carbocycles. The molecule has 7 heteroatoms. The summed E-state index contributed by atoms with van der Waals surface area (Å²) in [5.74, 6) is -0.272. The minimum Gasteiger partial charge on any atom is -0.357 e. The summed E-state index contributed by atoms with van der Waals surface area (Å²) in [6, 6.07) is 8.28. The Bertz CT molecular complexity index is 1120. The van der Waals surface area contributed by atoms with Crippen LogP contribution in [0.4, 0.5) is 4.39 Å². The number of aromatic amines is 3. The molecule has 0 spiro atoms. The third-order valence-corrected chi connectivity index (χ3v) is 4.00. The van der Waals surface area contributed by atoms with Crippen LogP contribution in [-0.2, 0) is 6.54 Å². The number of halogens is 1. The van der Waals surface area contributed by atoms with Gasteiger partial charge >= 0.3 is 0 Å². The third-order valence-electron chi connectivity index (χ3n) is 3.68. The molecule has 4 rings (SSSR count). The van der Waals surface area contributed by atoms with Crippen molar-refractivity contribution in [1.29, 1.82) is 0 Å². The lowest BCUT2D eigenvalue weighted by molar-refractivity contribution is 0.630. The van der Waals surface area contributed by atoms with E-state index in [1.165, 1.54) is 12.1 Å². The van der Waals surface area contributed by atoms with Crippen molar-refractivity contribution < 1.29 is 4.39 Å². The Morgan fingerprint density at radius 2 is 2.05 bits per heavy atom. The van der Waals surface area contributed by atoms with Crippen LogP contribution < -0.4 is 5.56 Å². The second-order valence-electron chi connectivity index (χ2n) is 5.11. The van der Waals surface area contributed by atoms with Crippen molar-refractivity contribution in [3.8, 4) is 0 Å². The van der Waals surface area contributed by atoms with E-state index in [0.29, 0.717) is 16.8 Å². The number of hydrogen-bond acceptors (Lipinski definition) is 2. The monoisotopic (exact) mass is 314 g/mol. The summed E-state index contributed by atoms with van der Waals surface area (Å²) in [4.78, 5) is 20.6. The van der Waals surface area contributed by atoms with Gasteiger partial charge in [0.05, 0.1) is 12.1 Å². The summed E-state index contributed by atoms with van der Waals surface area (Å²) in [7, 11) is 0. The average Bonchev–Trinajstić information content (AvgIpc) is 3.09. The number of rotatable bonds is 2. The van der Waals surface area contributed by atoms with Gasteiger partial charge in [0.1, 0.15) is 11.3 Å². The predicted octanol–water partition coefficient (Wildman–Crippen LogP) is 3.06. The van der Waals surface area contributed by atoms with E-state index in [1.54, 1.807) is 12.3 Å². The number of fused-ring (bicyclic) bond motifs is 2. The van der Waals surface area contributed by atoms with Crippen molar-refractivity contribution in [3.63, 3.8) is 0 Å². The molecule has 1 aromatic carbocycles. The predicted molar refractivity (Wildman–Crippen MR) is 85.1 cm³/mol. The summed E-state index contributed by atoms with van der Waals surface area (Å²) in [5, 5.41) is 0.802. The fraction of sp³-hybridized carbons (Fsp3) is 0.0667. The Balaban J connectivity index is 1.87. The molecule has 22 heavy (non-hydrogen) atoms. The second kappa shape index (κ2) is 4.67. The first-order valence-electron chi connectivity index (χ1n) is 6.69. The number of nitrogens with one attached hydrogen (secondary N) is 3. The van der Waals surface area contributed by atoms with Gasteiger partial charge in [0, 0.05) is 22.8 Å². The number of aromatic nitrogens is 4. The first-order chi connectivity index (χ1) is 10.6. The van der Waals surface area contributed by atoms with E-state index in [0.717, 1.165) is 22.1 Å². The van der Waals surface area contributed by atoms with Crippen LogP contribution in [0.15, 0.2) is 41.3 Å². The third kappa shape index (κ3) is 1.98. The van der Waals surface area contributed by atoms with Crippen molar-refractivity contribution in [3.05, 3.63) is 63.2 Å². The van der Waals surface area contributed by atoms with Crippen molar-refractivity contribution >= 4 is 34.2 Å². The number of nitrogens with zero attached hydrogens (tertiary/aromatic N) is 1. The zero-order valence-electron chi connectivity index (χ0n) is 11.3. The molecule has 3 heterocycles. The number of hydrogen-bond donors (Lipinski definition) is 3. The molecule has 3 aromatic heterocycles. The van der Waals surface area contributed by atoms with Crippen LogP contribution in [0.25, 0.3) is 21.9 Å². The molecule has 0 unspecified atom stereocenters. The summed E-state index contributed by atoms with van der Waals surface area (Å²) in [5.41, 5.74) is 2.72. The fourth-order valence-corrected chi connectivity index (χ4v) is 2.94. The van der Waals surface area contributed by atoms with E-state index in [9.17, 15) is 9.18 Å². The molecule has 0 bridgehead atoms. The van der Waals surface area contributed by atoms with E-state index in [-0.39, 0.29) is 11.4 Å². The number of benzene rings is 1. The molecule has 0 aliphatic rings. The van der Waals surface area contributed by atoms with E-state index >= 15 is 0 Å². The lowest BCUT2D eigenvalue weighted by Crippen LogP contribution is -2.14. The lowest BCUT2D eigenvalue weighted by atomic mass is 10.2. The molecule has 3 N–H and O–H groups in total. The summed E-state index contributed by atoms with van der Waals surface area (Å²) >= 11 is 5.25. The van der Waals surface area contributed by atoms with Crippen LogP contribution in [0.1, 0.15) is 5.69 Å². The molecule has 0 amide bonds. The van der Waals surface area contributed by atoms with Crippen LogP contribution in [-0.4, -0.2) is 19.5 Å². The highest BCUT2D eigenvalue weighted by Gasteiger charge is 2.09. The van der Waals surface area contributed by atoms with Gasteiger partial charge in [-0.25, -0.2) is 4.39 Å².